The third kappa shape index (κ3) is 2.77. The summed E-state index contributed by atoms with van der Waals surface area (Å²) in [7, 11) is 4.91. The molecule has 3 nitrogen and oxygen atoms in total. The van der Waals surface area contributed by atoms with Crippen LogP contribution in [-0.2, 0) is 0 Å². The molecule has 0 unspecified atom stereocenters. The van der Waals surface area contributed by atoms with E-state index in [0.29, 0.717) is 0 Å². The molecule has 0 aliphatic rings. The molecule has 0 fully saturated rings. The minimum absolute atomic E-state index is 0.733. The molecule has 0 saturated carbocycles. The predicted octanol–water partition coefficient (Wildman–Crippen LogP) is 3.77. The van der Waals surface area contributed by atoms with Crippen molar-refractivity contribution < 1.29 is 14.2 Å². The second-order valence-corrected chi connectivity index (χ2v) is 4.28. The summed E-state index contributed by atoms with van der Waals surface area (Å²) in [6, 6.07) is 13.5. The summed E-state index contributed by atoms with van der Waals surface area (Å²) < 4.78 is 15.9. The third-order valence-electron chi connectivity index (χ3n) is 3.15. The fraction of sp³-hybridized carbons (Fsp3) is 0.176. The van der Waals surface area contributed by atoms with Crippen molar-refractivity contribution in [1.29, 1.82) is 0 Å². The van der Waals surface area contributed by atoms with Crippen LogP contribution in [0.4, 0.5) is 0 Å². The van der Waals surface area contributed by atoms with E-state index in [-0.39, 0.29) is 0 Å². The van der Waals surface area contributed by atoms with Gasteiger partial charge in [-0.1, -0.05) is 18.7 Å². The zero-order valence-electron chi connectivity index (χ0n) is 12.0. The minimum atomic E-state index is 0.733. The fourth-order valence-electron chi connectivity index (χ4n) is 2.01. The van der Waals surface area contributed by atoms with Crippen LogP contribution in [0, 0.1) is 0 Å². The molecule has 0 N–H and O–H groups in total. The van der Waals surface area contributed by atoms with Crippen LogP contribution in [0.5, 0.6) is 17.2 Å². The smallest absolute Gasteiger partial charge is 0.130 e. The Bertz CT molecular complexity index is 617. The van der Waals surface area contributed by atoms with E-state index in [1.165, 1.54) is 0 Å². The van der Waals surface area contributed by atoms with Gasteiger partial charge in [0.25, 0.3) is 0 Å². The highest BCUT2D eigenvalue weighted by Gasteiger charge is 2.10. The quantitative estimate of drug-likeness (QED) is 0.827. The topological polar surface area (TPSA) is 27.7 Å². The van der Waals surface area contributed by atoms with E-state index < -0.39 is 0 Å². The Balaban J connectivity index is 2.42. The maximum atomic E-state index is 5.41. The molecule has 2 aromatic carbocycles. The van der Waals surface area contributed by atoms with Crippen molar-refractivity contribution in [3.63, 3.8) is 0 Å². The molecule has 2 rings (SSSR count). The van der Waals surface area contributed by atoms with Crippen molar-refractivity contribution in [3.8, 4) is 17.2 Å². The Labute approximate surface area is 119 Å². The van der Waals surface area contributed by atoms with Gasteiger partial charge in [-0.15, -0.1) is 0 Å². The lowest BCUT2D eigenvalue weighted by atomic mass is 9.98. The molecule has 0 saturated heterocycles. The molecule has 0 atom stereocenters. The zero-order valence-corrected chi connectivity index (χ0v) is 12.0. The molecule has 20 heavy (non-hydrogen) atoms. The first kappa shape index (κ1) is 14.0. The van der Waals surface area contributed by atoms with Crippen LogP contribution in [0.25, 0.3) is 5.57 Å². The van der Waals surface area contributed by atoms with Gasteiger partial charge in [0.2, 0.25) is 0 Å². The average molecular weight is 270 g/mol. The third-order valence-corrected chi connectivity index (χ3v) is 3.15. The largest absolute Gasteiger partial charge is 0.497 e. The first-order valence-corrected chi connectivity index (χ1v) is 6.25. The van der Waals surface area contributed by atoms with Gasteiger partial charge in [0.1, 0.15) is 17.2 Å². The Kier molecular flexibility index (Phi) is 4.31. The predicted molar refractivity (Wildman–Crippen MR) is 80.7 cm³/mol. The normalized spacial score (nSPS) is 9.95. The van der Waals surface area contributed by atoms with Crippen molar-refractivity contribution in [2.45, 2.75) is 0 Å². The molecule has 0 amide bonds. The van der Waals surface area contributed by atoms with Gasteiger partial charge in [-0.05, 0) is 35.4 Å². The molecular formula is C17H18O3. The minimum Gasteiger partial charge on any atom is -0.497 e. The molecule has 0 bridgehead atoms. The van der Waals surface area contributed by atoms with Gasteiger partial charge in [-0.25, -0.2) is 0 Å². The van der Waals surface area contributed by atoms with Gasteiger partial charge >= 0.3 is 0 Å². The van der Waals surface area contributed by atoms with Gasteiger partial charge in [0, 0.05) is 11.6 Å². The highest BCUT2D eigenvalue weighted by atomic mass is 16.5. The van der Waals surface area contributed by atoms with Crippen LogP contribution in [0.1, 0.15) is 11.1 Å². The maximum Gasteiger partial charge on any atom is 0.130 e. The van der Waals surface area contributed by atoms with Crippen molar-refractivity contribution in [3.05, 3.63) is 60.2 Å². The molecule has 0 aliphatic carbocycles. The lowest BCUT2D eigenvalue weighted by Crippen LogP contribution is -1.94. The average Bonchev–Trinajstić information content (AvgIpc) is 2.53. The Morgan fingerprint density at radius 3 is 2.20 bits per heavy atom. The first-order valence-electron chi connectivity index (χ1n) is 6.25. The molecule has 0 radical (unpaired) electrons. The van der Waals surface area contributed by atoms with Crippen LogP contribution in [-0.4, -0.2) is 21.3 Å². The first-order chi connectivity index (χ1) is 9.69. The van der Waals surface area contributed by atoms with Crippen molar-refractivity contribution in [1.82, 2.24) is 0 Å². The van der Waals surface area contributed by atoms with E-state index in [2.05, 4.69) is 6.58 Å². The molecular weight excluding hydrogens is 252 g/mol. The highest BCUT2D eigenvalue weighted by Crippen LogP contribution is 2.33. The van der Waals surface area contributed by atoms with Gasteiger partial charge in [0.05, 0.1) is 21.3 Å². The Morgan fingerprint density at radius 2 is 1.55 bits per heavy atom. The number of methoxy groups -OCH3 is 3. The molecule has 0 heterocycles. The monoisotopic (exact) mass is 270 g/mol. The van der Waals surface area contributed by atoms with E-state index in [1.54, 1.807) is 21.3 Å². The Morgan fingerprint density at radius 1 is 0.850 bits per heavy atom. The zero-order chi connectivity index (χ0) is 14.5. The molecule has 3 heteroatoms. The van der Waals surface area contributed by atoms with Crippen LogP contribution < -0.4 is 14.2 Å². The van der Waals surface area contributed by atoms with E-state index in [9.17, 15) is 0 Å². The summed E-state index contributed by atoms with van der Waals surface area (Å²) in [5, 5.41) is 0. The van der Waals surface area contributed by atoms with Gasteiger partial charge in [-0.2, -0.15) is 0 Å². The summed E-state index contributed by atoms with van der Waals surface area (Å²) in [6.45, 7) is 4.16. The second-order valence-electron chi connectivity index (χ2n) is 4.28. The highest BCUT2D eigenvalue weighted by molar-refractivity contribution is 5.82. The van der Waals surface area contributed by atoms with Crippen molar-refractivity contribution >= 4 is 5.57 Å². The van der Waals surface area contributed by atoms with Gasteiger partial charge in [-0.3, -0.25) is 0 Å². The molecule has 0 spiro atoms. The lowest BCUT2D eigenvalue weighted by molar-refractivity contribution is 0.393. The molecule has 104 valence electrons. The summed E-state index contributed by atoms with van der Waals surface area (Å²) >= 11 is 0. The summed E-state index contributed by atoms with van der Waals surface area (Å²) in [6.07, 6.45) is 0. The van der Waals surface area contributed by atoms with Crippen molar-refractivity contribution in [2.75, 3.05) is 21.3 Å². The van der Waals surface area contributed by atoms with Crippen molar-refractivity contribution in [2.24, 2.45) is 0 Å². The van der Waals surface area contributed by atoms with Crippen LogP contribution in [0.2, 0.25) is 0 Å². The van der Waals surface area contributed by atoms with Crippen LogP contribution in [0.15, 0.2) is 49.0 Å². The molecule has 2 aromatic rings. The molecule has 0 aromatic heterocycles. The summed E-state index contributed by atoms with van der Waals surface area (Å²) in [4.78, 5) is 0. The number of rotatable bonds is 5. The van der Waals surface area contributed by atoms with E-state index in [1.807, 2.05) is 42.5 Å². The Hall–Kier alpha value is -2.42. The van der Waals surface area contributed by atoms with E-state index in [0.717, 1.165) is 33.9 Å². The number of benzene rings is 2. The number of ether oxygens (including phenoxy) is 3. The standard InChI is InChI=1S/C17H18O3/c1-12(13-6-5-7-14(10-13)18-2)16-9-8-15(19-3)11-17(16)20-4/h5-11H,1H2,2-4H3. The van der Waals surface area contributed by atoms with Gasteiger partial charge in [0.15, 0.2) is 0 Å². The van der Waals surface area contributed by atoms with E-state index >= 15 is 0 Å². The lowest BCUT2D eigenvalue weighted by Gasteiger charge is -2.13. The fourth-order valence-corrected chi connectivity index (χ4v) is 2.01. The number of hydrogen-bond donors (Lipinski definition) is 0. The second kappa shape index (κ2) is 6.15. The van der Waals surface area contributed by atoms with Gasteiger partial charge < -0.3 is 14.2 Å². The van der Waals surface area contributed by atoms with Crippen LogP contribution in [0.3, 0.4) is 0 Å². The molecule has 0 aliphatic heterocycles. The summed E-state index contributed by atoms with van der Waals surface area (Å²) in [5.41, 5.74) is 2.80. The summed E-state index contributed by atoms with van der Waals surface area (Å²) in [5.74, 6) is 2.29. The van der Waals surface area contributed by atoms with Crippen LogP contribution >= 0.6 is 0 Å². The maximum absolute atomic E-state index is 5.41. The van der Waals surface area contributed by atoms with E-state index in [4.69, 9.17) is 14.2 Å². The number of hydrogen-bond acceptors (Lipinski definition) is 3. The SMILES string of the molecule is C=C(c1cccc(OC)c1)c1ccc(OC)cc1OC.